The van der Waals surface area contributed by atoms with Crippen molar-refractivity contribution in [3.63, 3.8) is 0 Å². The third kappa shape index (κ3) is 4.42. The van der Waals surface area contributed by atoms with Gasteiger partial charge in [-0.2, -0.15) is 0 Å². The molecule has 0 aliphatic heterocycles. The number of aromatic nitrogens is 4. The number of hydrogen-bond donors (Lipinski definition) is 2. The van der Waals surface area contributed by atoms with Crippen LogP contribution in [0.15, 0.2) is 49.1 Å². The van der Waals surface area contributed by atoms with Gasteiger partial charge >= 0.3 is 0 Å². The van der Waals surface area contributed by atoms with Crippen molar-refractivity contribution in [3.05, 3.63) is 70.6 Å². The number of anilines is 1. The molecule has 0 saturated carbocycles. The van der Waals surface area contributed by atoms with E-state index in [0.29, 0.717) is 30.3 Å². The number of carbonyl (C=O) groups is 1. The van der Waals surface area contributed by atoms with Gasteiger partial charge < -0.3 is 10.6 Å². The van der Waals surface area contributed by atoms with Crippen LogP contribution in [0, 0.1) is 17.0 Å². The van der Waals surface area contributed by atoms with Crippen molar-refractivity contribution in [3.8, 4) is 5.82 Å². The van der Waals surface area contributed by atoms with E-state index in [1.807, 2.05) is 17.7 Å². The maximum atomic E-state index is 12.0. The fourth-order valence-electron chi connectivity index (χ4n) is 2.40. The van der Waals surface area contributed by atoms with E-state index in [1.54, 1.807) is 12.3 Å². The van der Waals surface area contributed by atoms with Crippen LogP contribution in [0.5, 0.6) is 0 Å². The molecule has 2 N–H and O–H groups in total. The lowest BCUT2D eigenvalue weighted by Crippen LogP contribution is -2.28. The Hall–Kier alpha value is -3.82. The molecule has 138 valence electrons. The highest BCUT2D eigenvalue weighted by molar-refractivity contribution is 5.94. The zero-order valence-corrected chi connectivity index (χ0v) is 14.5. The fourth-order valence-corrected chi connectivity index (χ4v) is 2.40. The molecular formula is C17H17N7O3. The molecule has 2 aromatic heterocycles. The van der Waals surface area contributed by atoms with Crippen molar-refractivity contribution in [2.75, 3.05) is 18.4 Å². The average molecular weight is 367 g/mol. The largest absolute Gasteiger partial charge is 0.368 e. The molecule has 1 amide bonds. The van der Waals surface area contributed by atoms with E-state index in [-0.39, 0.29) is 11.6 Å². The maximum absolute atomic E-state index is 12.0. The molecule has 0 unspecified atom stereocenters. The standard InChI is InChI=1S/C17H17N7O3/c1-12-18-8-9-23(12)16-10-15(21-11-22-16)19-6-7-20-17(25)13-2-4-14(5-3-13)24(26)27/h2-5,8-11H,6-7H2,1H3,(H,20,25)(H,19,21,22). The summed E-state index contributed by atoms with van der Waals surface area (Å²) in [5, 5.41) is 16.5. The second-order valence-corrected chi connectivity index (χ2v) is 5.59. The van der Waals surface area contributed by atoms with Gasteiger partial charge in [0.15, 0.2) is 0 Å². The number of nitrogens with zero attached hydrogens (tertiary/aromatic N) is 5. The van der Waals surface area contributed by atoms with E-state index in [4.69, 9.17) is 0 Å². The van der Waals surface area contributed by atoms with Gasteiger partial charge in [-0.3, -0.25) is 19.5 Å². The van der Waals surface area contributed by atoms with Gasteiger partial charge in [0.1, 0.15) is 23.8 Å². The Bertz CT molecular complexity index is 953. The molecule has 3 rings (SSSR count). The summed E-state index contributed by atoms with van der Waals surface area (Å²) in [6, 6.07) is 7.23. The maximum Gasteiger partial charge on any atom is 0.269 e. The SMILES string of the molecule is Cc1nccn1-c1cc(NCCNC(=O)c2ccc([N+](=O)[O-])cc2)ncn1. The van der Waals surface area contributed by atoms with E-state index < -0.39 is 4.92 Å². The molecule has 3 aromatic rings. The van der Waals surface area contributed by atoms with E-state index in [2.05, 4.69) is 25.6 Å². The second-order valence-electron chi connectivity index (χ2n) is 5.59. The molecule has 2 heterocycles. The van der Waals surface area contributed by atoms with Crippen molar-refractivity contribution >= 4 is 17.4 Å². The van der Waals surface area contributed by atoms with Gasteiger partial charge in [0, 0.05) is 49.2 Å². The lowest BCUT2D eigenvalue weighted by molar-refractivity contribution is -0.384. The topological polar surface area (TPSA) is 128 Å². The van der Waals surface area contributed by atoms with Crippen LogP contribution in [0.1, 0.15) is 16.2 Å². The Balaban J connectivity index is 1.51. The highest BCUT2D eigenvalue weighted by Gasteiger charge is 2.09. The van der Waals surface area contributed by atoms with E-state index in [0.717, 1.165) is 5.82 Å². The van der Waals surface area contributed by atoms with Crippen LogP contribution >= 0.6 is 0 Å². The third-order valence-corrected chi connectivity index (χ3v) is 3.78. The van der Waals surface area contributed by atoms with Gasteiger partial charge in [0.2, 0.25) is 0 Å². The zero-order valence-electron chi connectivity index (χ0n) is 14.5. The Morgan fingerprint density at radius 1 is 1.19 bits per heavy atom. The first-order chi connectivity index (χ1) is 13.0. The number of nitrogens with one attached hydrogen (secondary N) is 2. The van der Waals surface area contributed by atoms with Crippen LogP contribution in [-0.2, 0) is 0 Å². The normalized spacial score (nSPS) is 10.4. The van der Waals surface area contributed by atoms with E-state index in [1.165, 1.54) is 30.6 Å². The molecule has 0 atom stereocenters. The number of amides is 1. The van der Waals surface area contributed by atoms with Gasteiger partial charge in [0.25, 0.3) is 11.6 Å². The van der Waals surface area contributed by atoms with Crippen LogP contribution in [-0.4, -0.2) is 43.4 Å². The number of aryl methyl sites for hydroxylation is 1. The number of rotatable bonds is 7. The molecule has 10 heteroatoms. The number of carbonyl (C=O) groups excluding carboxylic acids is 1. The van der Waals surface area contributed by atoms with Crippen LogP contribution in [0.25, 0.3) is 5.82 Å². The molecule has 0 spiro atoms. The van der Waals surface area contributed by atoms with E-state index in [9.17, 15) is 14.9 Å². The summed E-state index contributed by atoms with van der Waals surface area (Å²) in [5.74, 6) is 1.83. The van der Waals surface area contributed by atoms with Crippen molar-refractivity contribution < 1.29 is 9.72 Å². The monoisotopic (exact) mass is 367 g/mol. The number of benzene rings is 1. The molecule has 0 aliphatic rings. The minimum atomic E-state index is -0.507. The summed E-state index contributed by atoms with van der Waals surface area (Å²) in [5.41, 5.74) is 0.307. The highest BCUT2D eigenvalue weighted by Crippen LogP contribution is 2.12. The van der Waals surface area contributed by atoms with Gasteiger partial charge in [-0.05, 0) is 19.1 Å². The Labute approximate surface area is 154 Å². The van der Waals surface area contributed by atoms with Gasteiger partial charge in [-0.1, -0.05) is 0 Å². The molecule has 0 fully saturated rings. The minimum Gasteiger partial charge on any atom is -0.368 e. The average Bonchev–Trinajstić information content (AvgIpc) is 3.11. The van der Waals surface area contributed by atoms with Gasteiger partial charge in [-0.25, -0.2) is 15.0 Å². The number of non-ortho nitro benzene ring substituents is 1. The first-order valence-electron chi connectivity index (χ1n) is 8.13. The van der Waals surface area contributed by atoms with Crippen molar-refractivity contribution in [1.82, 2.24) is 24.8 Å². The lowest BCUT2D eigenvalue weighted by atomic mass is 10.2. The van der Waals surface area contributed by atoms with Crippen LogP contribution in [0.3, 0.4) is 0 Å². The summed E-state index contributed by atoms with van der Waals surface area (Å²) < 4.78 is 1.84. The first-order valence-corrected chi connectivity index (χ1v) is 8.13. The fraction of sp³-hybridized carbons (Fsp3) is 0.176. The smallest absolute Gasteiger partial charge is 0.269 e. The number of imidazole rings is 1. The van der Waals surface area contributed by atoms with Crippen LogP contribution in [0.2, 0.25) is 0 Å². The van der Waals surface area contributed by atoms with E-state index >= 15 is 0 Å². The summed E-state index contributed by atoms with van der Waals surface area (Å²) in [7, 11) is 0. The summed E-state index contributed by atoms with van der Waals surface area (Å²) in [6.07, 6.45) is 4.96. The van der Waals surface area contributed by atoms with Gasteiger partial charge in [0.05, 0.1) is 4.92 Å². The molecule has 0 radical (unpaired) electrons. The zero-order chi connectivity index (χ0) is 19.2. The van der Waals surface area contributed by atoms with Crippen LogP contribution < -0.4 is 10.6 Å². The predicted molar refractivity (Wildman–Crippen MR) is 97.8 cm³/mol. The molecular weight excluding hydrogens is 350 g/mol. The van der Waals surface area contributed by atoms with Crippen molar-refractivity contribution in [2.24, 2.45) is 0 Å². The second kappa shape index (κ2) is 8.04. The quantitative estimate of drug-likeness (QED) is 0.370. The Morgan fingerprint density at radius 2 is 1.96 bits per heavy atom. The number of nitro benzene ring substituents is 1. The predicted octanol–water partition coefficient (Wildman–Crippen LogP) is 1.72. The Morgan fingerprint density at radius 3 is 2.63 bits per heavy atom. The number of hydrogen-bond acceptors (Lipinski definition) is 7. The van der Waals surface area contributed by atoms with Crippen molar-refractivity contribution in [2.45, 2.75) is 6.92 Å². The summed E-state index contributed by atoms with van der Waals surface area (Å²) >= 11 is 0. The first kappa shape index (κ1) is 18.0. The Kier molecular flexibility index (Phi) is 5.36. The summed E-state index contributed by atoms with van der Waals surface area (Å²) in [4.78, 5) is 34.7. The molecule has 0 bridgehead atoms. The summed E-state index contributed by atoms with van der Waals surface area (Å²) in [6.45, 7) is 2.69. The third-order valence-electron chi connectivity index (χ3n) is 3.78. The van der Waals surface area contributed by atoms with Crippen LogP contribution in [0.4, 0.5) is 11.5 Å². The molecule has 1 aromatic carbocycles. The molecule has 10 nitrogen and oxygen atoms in total. The molecule has 27 heavy (non-hydrogen) atoms. The van der Waals surface area contributed by atoms with Crippen molar-refractivity contribution in [1.29, 1.82) is 0 Å². The molecule has 0 aliphatic carbocycles. The minimum absolute atomic E-state index is 0.0547. The van der Waals surface area contributed by atoms with Gasteiger partial charge in [-0.15, -0.1) is 0 Å². The number of nitro groups is 1. The molecule has 0 saturated heterocycles. The lowest BCUT2D eigenvalue weighted by Gasteiger charge is -2.09. The highest BCUT2D eigenvalue weighted by atomic mass is 16.6.